The van der Waals surface area contributed by atoms with Gasteiger partial charge in [0.1, 0.15) is 23.7 Å². The summed E-state index contributed by atoms with van der Waals surface area (Å²) in [4.78, 5) is 11.2. The molecule has 0 radical (unpaired) electrons. The van der Waals surface area contributed by atoms with Crippen LogP contribution in [-0.2, 0) is 6.61 Å². The smallest absolute Gasteiger partial charge is 0.336 e. The van der Waals surface area contributed by atoms with Gasteiger partial charge in [-0.05, 0) is 32.0 Å². The molecule has 20 heavy (non-hydrogen) atoms. The van der Waals surface area contributed by atoms with Crippen molar-refractivity contribution < 1.29 is 13.7 Å². The summed E-state index contributed by atoms with van der Waals surface area (Å²) < 4.78 is 15.9. The maximum atomic E-state index is 11.2. The van der Waals surface area contributed by atoms with Crippen LogP contribution in [0.1, 0.15) is 17.0 Å². The first kappa shape index (κ1) is 12.5. The molecular formula is C15H13NO4. The summed E-state index contributed by atoms with van der Waals surface area (Å²) in [6, 6.07) is 8.50. The van der Waals surface area contributed by atoms with Gasteiger partial charge < -0.3 is 13.7 Å². The molecular weight excluding hydrogens is 258 g/mol. The van der Waals surface area contributed by atoms with Crippen LogP contribution < -0.4 is 10.4 Å². The zero-order valence-corrected chi connectivity index (χ0v) is 11.2. The van der Waals surface area contributed by atoms with E-state index in [0.29, 0.717) is 17.9 Å². The highest BCUT2D eigenvalue weighted by atomic mass is 16.5. The van der Waals surface area contributed by atoms with Crippen molar-refractivity contribution >= 4 is 11.0 Å². The minimum absolute atomic E-state index is 0.365. The van der Waals surface area contributed by atoms with E-state index in [1.54, 1.807) is 12.1 Å². The van der Waals surface area contributed by atoms with Crippen LogP contribution in [0.2, 0.25) is 0 Å². The average Bonchev–Trinajstić information content (AvgIpc) is 2.75. The van der Waals surface area contributed by atoms with E-state index in [2.05, 4.69) is 5.16 Å². The lowest BCUT2D eigenvalue weighted by Gasteiger charge is -2.06. The molecule has 0 atom stereocenters. The van der Waals surface area contributed by atoms with Gasteiger partial charge in [-0.15, -0.1) is 0 Å². The molecule has 102 valence electrons. The van der Waals surface area contributed by atoms with Gasteiger partial charge in [0.15, 0.2) is 0 Å². The number of hydrogen-bond donors (Lipinski definition) is 0. The molecule has 2 heterocycles. The summed E-state index contributed by atoms with van der Waals surface area (Å²) >= 11 is 0. The molecule has 5 nitrogen and oxygen atoms in total. The molecule has 0 aliphatic heterocycles. The summed E-state index contributed by atoms with van der Waals surface area (Å²) in [6.45, 7) is 4.08. The number of hydrogen-bond acceptors (Lipinski definition) is 5. The van der Waals surface area contributed by atoms with Gasteiger partial charge in [0.05, 0.1) is 11.3 Å². The molecule has 0 aliphatic rings. The van der Waals surface area contributed by atoms with Gasteiger partial charge in [-0.1, -0.05) is 5.16 Å². The summed E-state index contributed by atoms with van der Waals surface area (Å²) in [5, 5.41) is 4.73. The molecule has 0 spiro atoms. The molecule has 0 aliphatic carbocycles. The van der Waals surface area contributed by atoms with Crippen molar-refractivity contribution in [2.24, 2.45) is 0 Å². The van der Waals surface area contributed by atoms with Crippen LogP contribution in [-0.4, -0.2) is 5.16 Å². The standard InChI is InChI=1S/C15H13NO4/c1-9-13(10(2)20-16-9)8-18-12-5-3-11-4-6-15(17)19-14(11)7-12/h3-7H,8H2,1-2H3. The molecule has 0 amide bonds. The third kappa shape index (κ3) is 2.30. The molecule has 3 rings (SSSR count). The van der Waals surface area contributed by atoms with Crippen molar-refractivity contribution in [3.05, 3.63) is 57.8 Å². The molecule has 0 N–H and O–H groups in total. The fourth-order valence-corrected chi connectivity index (χ4v) is 1.99. The average molecular weight is 271 g/mol. The minimum atomic E-state index is -0.375. The van der Waals surface area contributed by atoms with Crippen LogP contribution >= 0.6 is 0 Å². The van der Waals surface area contributed by atoms with E-state index in [1.165, 1.54) is 6.07 Å². The minimum Gasteiger partial charge on any atom is -0.489 e. The third-order valence-corrected chi connectivity index (χ3v) is 3.16. The second-order valence-electron chi connectivity index (χ2n) is 4.55. The van der Waals surface area contributed by atoms with Gasteiger partial charge in [-0.2, -0.15) is 0 Å². The third-order valence-electron chi connectivity index (χ3n) is 3.16. The molecule has 5 heteroatoms. The summed E-state index contributed by atoms with van der Waals surface area (Å²) in [6.07, 6.45) is 0. The summed E-state index contributed by atoms with van der Waals surface area (Å²) in [5.74, 6) is 1.38. The van der Waals surface area contributed by atoms with E-state index >= 15 is 0 Å². The first-order valence-corrected chi connectivity index (χ1v) is 6.22. The second kappa shape index (κ2) is 4.85. The fraction of sp³-hybridized carbons (Fsp3) is 0.200. The monoisotopic (exact) mass is 271 g/mol. The lowest BCUT2D eigenvalue weighted by Crippen LogP contribution is -1.98. The molecule has 0 bridgehead atoms. The Hall–Kier alpha value is -2.56. The van der Waals surface area contributed by atoms with Gasteiger partial charge in [0.2, 0.25) is 0 Å². The van der Waals surface area contributed by atoms with Gasteiger partial charge in [-0.3, -0.25) is 0 Å². The Kier molecular flexibility index (Phi) is 3.02. The number of nitrogens with zero attached hydrogens (tertiary/aromatic N) is 1. The maximum absolute atomic E-state index is 11.2. The Morgan fingerprint density at radius 1 is 1.20 bits per heavy atom. The lowest BCUT2D eigenvalue weighted by atomic mass is 10.2. The maximum Gasteiger partial charge on any atom is 0.336 e. The van der Waals surface area contributed by atoms with E-state index in [9.17, 15) is 4.79 Å². The fourth-order valence-electron chi connectivity index (χ4n) is 1.99. The highest BCUT2D eigenvalue weighted by Crippen LogP contribution is 2.21. The number of ether oxygens (including phenoxy) is 1. The van der Waals surface area contributed by atoms with Crippen molar-refractivity contribution in [3.63, 3.8) is 0 Å². The molecule has 0 unspecified atom stereocenters. The van der Waals surface area contributed by atoms with Crippen LogP contribution in [0.5, 0.6) is 5.75 Å². The number of aromatic nitrogens is 1. The van der Waals surface area contributed by atoms with E-state index in [-0.39, 0.29) is 5.63 Å². The number of aryl methyl sites for hydroxylation is 2. The largest absolute Gasteiger partial charge is 0.489 e. The predicted molar refractivity (Wildman–Crippen MR) is 72.8 cm³/mol. The molecule has 2 aromatic heterocycles. The van der Waals surface area contributed by atoms with Crippen LogP contribution in [0.3, 0.4) is 0 Å². The van der Waals surface area contributed by atoms with Gasteiger partial charge in [0.25, 0.3) is 0 Å². The lowest BCUT2D eigenvalue weighted by molar-refractivity contribution is 0.301. The van der Waals surface area contributed by atoms with Crippen LogP contribution in [0.25, 0.3) is 11.0 Å². The van der Waals surface area contributed by atoms with Crippen molar-refractivity contribution in [2.45, 2.75) is 20.5 Å². The Labute approximate surface area is 114 Å². The molecule has 3 aromatic rings. The van der Waals surface area contributed by atoms with E-state index in [0.717, 1.165) is 22.4 Å². The predicted octanol–water partition coefficient (Wildman–Crippen LogP) is 2.98. The van der Waals surface area contributed by atoms with Crippen molar-refractivity contribution in [1.82, 2.24) is 5.16 Å². The Morgan fingerprint density at radius 3 is 2.75 bits per heavy atom. The molecule has 0 saturated heterocycles. The second-order valence-corrected chi connectivity index (χ2v) is 4.55. The number of rotatable bonds is 3. The Morgan fingerprint density at radius 2 is 2.00 bits per heavy atom. The van der Waals surface area contributed by atoms with Crippen LogP contribution in [0, 0.1) is 13.8 Å². The van der Waals surface area contributed by atoms with Gasteiger partial charge in [0, 0.05) is 17.5 Å². The first-order valence-electron chi connectivity index (χ1n) is 6.22. The Bertz CT molecular complexity index is 797. The Balaban J connectivity index is 1.86. The van der Waals surface area contributed by atoms with Crippen LogP contribution in [0.15, 0.2) is 44.1 Å². The van der Waals surface area contributed by atoms with E-state index in [1.807, 2.05) is 26.0 Å². The van der Waals surface area contributed by atoms with Crippen molar-refractivity contribution in [1.29, 1.82) is 0 Å². The van der Waals surface area contributed by atoms with Crippen molar-refractivity contribution in [2.75, 3.05) is 0 Å². The number of benzene rings is 1. The first-order chi connectivity index (χ1) is 9.63. The normalized spacial score (nSPS) is 10.9. The zero-order valence-electron chi connectivity index (χ0n) is 11.2. The van der Waals surface area contributed by atoms with Gasteiger partial charge >= 0.3 is 5.63 Å². The highest BCUT2D eigenvalue weighted by molar-refractivity contribution is 5.77. The molecule has 0 saturated carbocycles. The summed E-state index contributed by atoms with van der Waals surface area (Å²) in [5.41, 5.74) is 1.88. The van der Waals surface area contributed by atoms with E-state index in [4.69, 9.17) is 13.7 Å². The molecule has 1 aromatic carbocycles. The van der Waals surface area contributed by atoms with Crippen molar-refractivity contribution in [3.8, 4) is 5.75 Å². The molecule has 0 fully saturated rings. The number of fused-ring (bicyclic) bond motifs is 1. The summed E-state index contributed by atoms with van der Waals surface area (Å²) in [7, 11) is 0. The SMILES string of the molecule is Cc1noc(C)c1COc1ccc2ccc(=O)oc2c1. The highest BCUT2D eigenvalue weighted by Gasteiger charge is 2.09. The zero-order chi connectivity index (χ0) is 14.1. The van der Waals surface area contributed by atoms with Gasteiger partial charge in [-0.25, -0.2) is 4.79 Å². The topological polar surface area (TPSA) is 65.5 Å². The van der Waals surface area contributed by atoms with E-state index < -0.39 is 0 Å². The quantitative estimate of drug-likeness (QED) is 0.685. The van der Waals surface area contributed by atoms with Crippen LogP contribution in [0.4, 0.5) is 0 Å².